The fourth-order valence-corrected chi connectivity index (χ4v) is 2.28. The highest BCUT2D eigenvalue weighted by atomic mass is 35.5. The molecule has 2 aromatic rings. The second kappa shape index (κ2) is 5.63. The van der Waals surface area contributed by atoms with E-state index < -0.39 is 5.97 Å². The van der Waals surface area contributed by atoms with Crippen LogP contribution in [0.1, 0.15) is 22.8 Å². The summed E-state index contributed by atoms with van der Waals surface area (Å²) in [7, 11) is 0. The third kappa shape index (κ3) is 2.60. The van der Waals surface area contributed by atoms with Crippen molar-refractivity contribution in [3.8, 4) is 11.3 Å². The highest BCUT2D eigenvalue weighted by Crippen LogP contribution is 2.37. The predicted molar refractivity (Wildman–Crippen MR) is 72.7 cm³/mol. The van der Waals surface area contributed by atoms with Crippen LogP contribution >= 0.6 is 23.2 Å². The van der Waals surface area contributed by atoms with Crippen molar-refractivity contribution in [2.75, 3.05) is 6.61 Å². The molecule has 0 radical (unpaired) electrons. The molecule has 0 bridgehead atoms. The Kier molecular flexibility index (Phi) is 4.12. The second-order valence-electron chi connectivity index (χ2n) is 3.83. The summed E-state index contributed by atoms with van der Waals surface area (Å²) < 4.78 is 9.79. The minimum absolute atomic E-state index is 0.272. The Morgan fingerprint density at radius 2 is 2.21 bits per heavy atom. The van der Waals surface area contributed by atoms with Gasteiger partial charge in [0.05, 0.1) is 22.2 Å². The molecule has 0 amide bonds. The molecule has 0 aliphatic rings. The van der Waals surface area contributed by atoms with Crippen molar-refractivity contribution < 1.29 is 14.1 Å². The molecule has 4 nitrogen and oxygen atoms in total. The Hall–Kier alpha value is -1.52. The van der Waals surface area contributed by atoms with E-state index in [4.69, 9.17) is 32.5 Å². The smallest absolute Gasteiger partial charge is 0.338 e. The topological polar surface area (TPSA) is 52.3 Å². The molecule has 100 valence electrons. The SMILES string of the molecule is CCOC(=O)c1cc(Cl)c(Cl)c(-c2ccon2)c1C. The average Bonchev–Trinajstić information content (AvgIpc) is 2.88. The van der Waals surface area contributed by atoms with Crippen LogP contribution in [0.15, 0.2) is 22.9 Å². The summed E-state index contributed by atoms with van der Waals surface area (Å²) in [5.41, 5.74) is 2.12. The van der Waals surface area contributed by atoms with Gasteiger partial charge in [-0.15, -0.1) is 0 Å². The van der Waals surface area contributed by atoms with E-state index in [9.17, 15) is 4.79 Å². The van der Waals surface area contributed by atoms with Gasteiger partial charge in [0.1, 0.15) is 12.0 Å². The Morgan fingerprint density at radius 3 is 2.79 bits per heavy atom. The Balaban J connectivity index is 2.63. The van der Waals surface area contributed by atoms with Gasteiger partial charge in [-0.3, -0.25) is 0 Å². The molecule has 6 heteroatoms. The van der Waals surface area contributed by atoms with E-state index in [2.05, 4.69) is 5.16 Å². The van der Waals surface area contributed by atoms with Gasteiger partial charge in [0.15, 0.2) is 0 Å². The average molecular weight is 300 g/mol. The quantitative estimate of drug-likeness (QED) is 0.800. The molecule has 0 unspecified atom stereocenters. The van der Waals surface area contributed by atoms with Crippen molar-refractivity contribution in [1.29, 1.82) is 0 Å². The van der Waals surface area contributed by atoms with E-state index >= 15 is 0 Å². The Morgan fingerprint density at radius 1 is 1.47 bits per heavy atom. The summed E-state index contributed by atoms with van der Waals surface area (Å²) >= 11 is 12.2. The van der Waals surface area contributed by atoms with Gasteiger partial charge in [0.25, 0.3) is 0 Å². The normalized spacial score (nSPS) is 10.5. The van der Waals surface area contributed by atoms with Crippen LogP contribution in [0.4, 0.5) is 0 Å². The lowest BCUT2D eigenvalue weighted by Crippen LogP contribution is -2.08. The van der Waals surface area contributed by atoms with Crippen molar-refractivity contribution in [2.24, 2.45) is 0 Å². The largest absolute Gasteiger partial charge is 0.462 e. The summed E-state index contributed by atoms with van der Waals surface area (Å²) in [5, 5.41) is 4.43. The van der Waals surface area contributed by atoms with Gasteiger partial charge in [0, 0.05) is 11.6 Å². The van der Waals surface area contributed by atoms with Crippen molar-refractivity contribution in [3.05, 3.63) is 39.6 Å². The molecule has 0 fully saturated rings. The van der Waals surface area contributed by atoms with Crippen LogP contribution in [0.3, 0.4) is 0 Å². The van der Waals surface area contributed by atoms with E-state index in [1.54, 1.807) is 19.9 Å². The van der Waals surface area contributed by atoms with Gasteiger partial charge in [-0.25, -0.2) is 4.79 Å². The standard InChI is InChI=1S/C13H11Cl2NO3/c1-3-18-13(17)8-6-9(14)12(15)11(7(8)2)10-4-5-19-16-10/h4-6H,3H2,1-2H3. The molecule has 0 saturated heterocycles. The molecule has 0 atom stereocenters. The van der Waals surface area contributed by atoms with E-state index in [1.165, 1.54) is 12.3 Å². The maximum Gasteiger partial charge on any atom is 0.338 e. The van der Waals surface area contributed by atoms with Gasteiger partial charge in [0.2, 0.25) is 0 Å². The third-order valence-electron chi connectivity index (χ3n) is 2.67. The summed E-state index contributed by atoms with van der Waals surface area (Å²) in [6.45, 7) is 3.79. The lowest BCUT2D eigenvalue weighted by molar-refractivity contribution is 0.0525. The van der Waals surface area contributed by atoms with Crippen LogP contribution in [0, 0.1) is 6.92 Å². The molecule has 19 heavy (non-hydrogen) atoms. The fourth-order valence-electron chi connectivity index (χ4n) is 1.78. The van der Waals surface area contributed by atoms with Crippen LogP contribution in [-0.2, 0) is 4.74 Å². The summed E-state index contributed by atoms with van der Waals surface area (Å²) in [4.78, 5) is 11.9. The molecular weight excluding hydrogens is 289 g/mol. The second-order valence-corrected chi connectivity index (χ2v) is 4.61. The van der Waals surface area contributed by atoms with Crippen LogP contribution in [-0.4, -0.2) is 17.7 Å². The number of halogens is 2. The predicted octanol–water partition coefficient (Wildman–Crippen LogP) is 4.13. The first-order valence-corrected chi connectivity index (χ1v) is 6.38. The first-order chi connectivity index (χ1) is 9.06. The number of carbonyl (C=O) groups is 1. The van der Waals surface area contributed by atoms with Gasteiger partial charge < -0.3 is 9.26 Å². The number of benzene rings is 1. The monoisotopic (exact) mass is 299 g/mol. The molecule has 0 aliphatic heterocycles. The number of aromatic nitrogens is 1. The molecule has 2 rings (SSSR count). The van der Waals surface area contributed by atoms with Crippen LogP contribution in [0.2, 0.25) is 10.0 Å². The minimum Gasteiger partial charge on any atom is -0.462 e. The van der Waals surface area contributed by atoms with Gasteiger partial charge >= 0.3 is 5.97 Å². The van der Waals surface area contributed by atoms with Gasteiger partial charge in [-0.05, 0) is 25.5 Å². The zero-order chi connectivity index (χ0) is 14.0. The summed E-state index contributed by atoms with van der Waals surface area (Å²) in [5.74, 6) is -0.441. The fraction of sp³-hybridized carbons (Fsp3) is 0.231. The Bertz CT molecular complexity index is 609. The maximum absolute atomic E-state index is 11.9. The molecule has 0 spiro atoms. The number of hydrogen-bond acceptors (Lipinski definition) is 4. The zero-order valence-electron chi connectivity index (χ0n) is 10.4. The molecule has 1 aromatic carbocycles. The zero-order valence-corrected chi connectivity index (χ0v) is 11.9. The van der Waals surface area contributed by atoms with Crippen LogP contribution in [0.25, 0.3) is 11.3 Å². The van der Waals surface area contributed by atoms with E-state index in [1.807, 2.05) is 0 Å². The highest BCUT2D eigenvalue weighted by molar-refractivity contribution is 6.44. The molecular formula is C13H11Cl2NO3. The molecule has 1 heterocycles. The molecule has 0 saturated carbocycles. The van der Waals surface area contributed by atoms with Gasteiger partial charge in [-0.2, -0.15) is 0 Å². The summed E-state index contributed by atoms with van der Waals surface area (Å²) in [6.07, 6.45) is 1.43. The highest BCUT2D eigenvalue weighted by Gasteiger charge is 2.21. The summed E-state index contributed by atoms with van der Waals surface area (Å²) in [6, 6.07) is 3.15. The molecule has 0 N–H and O–H groups in total. The molecule has 0 aliphatic carbocycles. The van der Waals surface area contributed by atoms with Crippen LogP contribution < -0.4 is 0 Å². The number of rotatable bonds is 3. The van der Waals surface area contributed by atoms with Crippen LogP contribution in [0.5, 0.6) is 0 Å². The third-order valence-corrected chi connectivity index (χ3v) is 3.46. The number of carbonyl (C=O) groups excluding carboxylic acids is 1. The van der Waals surface area contributed by atoms with E-state index in [0.29, 0.717) is 27.4 Å². The minimum atomic E-state index is -0.441. The Labute approximate surface area is 120 Å². The lowest BCUT2D eigenvalue weighted by atomic mass is 10.00. The van der Waals surface area contributed by atoms with E-state index in [-0.39, 0.29) is 11.6 Å². The molecule has 1 aromatic heterocycles. The van der Waals surface area contributed by atoms with Gasteiger partial charge in [-0.1, -0.05) is 28.4 Å². The first-order valence-electron chi connectivity index (χ1n) is 5.62. The number of nitrogens with zero attached hydrogens (tertiary/aromatic N) is 1. The number of hydrogen-bond donors (Lipinski definition) is 0. The maximum atomic E-state index is 11.9. The first kappa shape index (κ1) is 13.9. The van der Waals surface area contributed by atoms with Crippen molar-refractivity contribution in [1.82, 2.24) is 5.16 Å². The number of ether oxygens (including phenoxy) is 1. The van der Waals surface area contributed by atoms with Crippen molar-refractivity contribution in [2.45, 2.75) is 13.8 Å². The lowest BCUT2D eigenvalue weighted by Gasteiger charge is -2.12. The van der Waals surface area contributed by atoms with Crippen molar-refractivity contribution in [3.63, 3.8) is 0 Å². The van der Waals surface area contributed by atoms with Crippen molar-refractivity contribution >= 4 is 29.2 Å². The van der Waals surface area contributed by atoms with E-state index in [0.717, 1.165) is 0 Å². The number of esters is 1.